The lowest BCUT2D eigenvalue weighted by atomic mass is 10.0. The Morgan fingerprint density at radius 2 is 1.43 bits per heavy atom. The first-order valence-corrected chi connectivity index (χ1v) is 7.87. The summed E-state index contributed by atoms with van der Waals surface area (Å²) in [6, 6.07) is 17.6. The molecule has 1 unspecified atom stereocenters. The van der Waals surface area contributed by atoms with Gasteiger partial charge in [0.15, 0.2) is 0 Å². The zero-order valence-electron chi connectivity index (χ0n) is 13.5. The van der Waals surface area contributed by atoms with Gasteiger partial charge in [-0.3, -0.25) is 9.59 Å². The maximum atomic E-state index is 12.8. The van der Waals surface area contributed by atoms with Crippen molar-refractivity contribution in [1.29, 1.82) is 0 Å². The van der Waals surface area contributed by atoms with Crippen LogP contribution in [0.25, 0.3) is 0 Å². The molecule has 0 aliphatic rings. The molecule has 1 atom stereocenters. The van der Waals surface area contributed by atoms with E-state index >= 15 is 0 Å². The summed E-state index contributed by atoms with van der Waals surface area (Å²) in [6.07, 6.45) is 0. The highest BCUT2D eigenvalue weighted by atomic mass is 16.2. The second kappa shape index (κ2) is 8.13. The van der Waals surface area contributed by atoms with Crippen molar-refractivity contribution in [3.05, 3.63) is 71.8 Å². The molecule has 2 aromatic carbocycles. The first-order valence-electron chi connectivity index (χ1n) is 7.87. The van der Waals surface area contributed by atoms with Crippen molar-refractivity contribution >= 4 is 11.8 Å². The fraction of sp³-hybridized carbons (Fsp3) is 0.263. The molecular weight excluding hydrogens is 288 g/mol. The van der Waals surface area contributed by atoms with E-state index in [9.17, 15) is 9.59 Å². The molecule has 0 aliphatic carbocycles. The van der Waals surface area contributed by atoms with Crippen molar-refractivity contribution in [1.82, 2.24) is 10.2 Å². The number of amides is 2. The molecule has 0 aromatic heterocycles. The Bertz CT molecular complexity index is 637. The molecule has 0 fully saturated rings. The molecule has 2 amide bonds. The van der Waals surface area contributed by atoms with Gasteiger partial charge in [0.1, 0.15) is 6.04 Å². The molecule has 0 heterocycles. The number of rotatable bonds is 6. The summed E-state index contributed by atoms with van der Waals surface area (Å²) < 4.78 is 0. The molecule has 0 aliphatic heterocycles. The standard InChI is InChI=1S/C19H22N2O2/c1-3-21(4-2)19(23)17(15-11-7-5-8-12-15)20-18(22)16-13-9-6-10-14-16/h5-14,17H,3-4H2,1-2H3,(H,20,22). The van der Waals surface area contributed by atoms with Crippen LogP contribution in [-0.2, 0) is 4.79 Å². The van der Waals surface area contributed by atoms with E-state index in [0.717, 1.165) is 5.56 Å². The van der Waals surface area contributed by atoms with Crippen molar-refractivity contribution < 1.29 is 9.59 Å². The molecule has 0 bridgehead atoms. The maximum absolute atomic E-state index is 12.8. The molecule has 0 saturated heterocycles. The minimum absolute atomic E-state index is 0.0921. The van der Waals surface area contributed by atoms with Crippen LogP contribution < -0.4 is 5.32 Å². The monoisotopic (exact) mass is 310 g/mol. The van der Waals surface area contributed by atoms with E-state index in [0.29, 0.717) is 18.7 Å². The van der Waals surface area contributed by atoms with E-state index in [1.165, 1.54) is 0 Å². The Morgan fingerprint density at radius 3 is 1.96 bits per heavy atom. The quantitative estimate of drug-likeness (QED) is 0.891. The number of hydrogen-bond acceptors (Lipinski definition) is 2. The maximum Gasteiger partial charge on any atom is 0.252 e. The smallest absolute Gasteiger partial charge is 0.252 e. The fourth-order valence-electron chi connectivity index (χ4n) is 2.45. The van der Waals surface area contributed by atoms with Gasteiger partial charge in [0.05, 0.1) is 0 Å². The first kappa shape index (κ1) is 16.7. The summed E-state index contributed by atoms with van der Waals surface area (Å²) in [6.45, 7) is 5.09. The number of hydrogen-bond donors (Lipinski definition) is 1. The Hall–Kier alpha value is -2.62. The van der Waals surface area contributed by atoms with Gasteiger partial charge in [0.25, 0.3) is 5.91 Å². The van der Waals surface area contributed by atoms with Crippen LogP contribution >= 0.6 is 0 Å². The SMILES string of the molecule is CCN(CC)C(=O)C(NC(=O)c1ccccc1)c1ccccc1. The summed E-state index contributed by atoms with van der Waals surface area (Å²) in [5.74, 6) is -0.342. The predicted octanol–water partition coefficient (Wildman–Crippen LogP) is 3.03. The van der Waals surface area contributed by atoms with Crippen LogP contribution in [0.15, 0.2) is 60.7 Å². The third kappa shape index (κ3) is 4.19. The second-order valence-electron chi connectivity index (χ2n) is 5.19. The van der Waals surface area contributed by atoms with Gasteiger partial charge in [0, 0.05) is 18.7 Å². The topological polar surface area (TPSA) is 49.4 Å². The van der Waals surface area contributed by atoms with E-state index in [4.69, 9.17) is 0 Å². The number of likely N-dealkylation sites (N-methyl/N-ethyl adjacent to an activating group) is 1. The molecule has 120 valence electrons. The Balaban J connectivity index is 2.27. The minimum atomic E-state index is -0.677. The number of nitrogens with one attached hydrogen (secondary N) is 1. The average molecular weight is 310 g/mol. The highest BCUT2D eigenvalue weighted by molar-refractivity contribution is 5.97. The third-order valence-electron chi connectivity index (χ3n) is 3.77. The van der Waals surface area contributed by atoms with Crippen LogP contribution in [0.4, 0.5) is 0 Å². The van der Waals surface area contributed by atoms with Crippen molar-refractivity contribution in [3.8, 4) is 0 Å². The zero-order valence-corrected chi connectivity index (χ0v) is 13.5. The fourth-order valence-corrected chi connectivity index (χ4v) is 2.45. The van der Waals surface area contributed by atoms with Crippen molar-refractivity contribution in [2.24, 2.45) is 0 Å². The number of carbonyl (C=O) groups excluding carboxylic acids is 2. The van der Waals surface area contributed by atoms with Crippen LogP contribution in [0, 0.1) is 0 Å². The molecule has 2 rings (SSSR count). The Labute approximate surface area is 137 Å². The van der Waals surface area contributed by atoms with Crippen molar-refractivity contribution in [2.45, 2.75) is 19.9 Å². The molecular formula is C19H22N2O2. The normalized spacial score (nSPS) is 11.6. The van der Waals surface area contributed by atoms with Gasteiger partial charge in [-0.15, -0.1) is 0 Å². The highest BCUT2D eigenvalue weighted by Gasteiger charge is 2.26. The molecule has 4 heteroatoms. The van der Waals surface area contributed by atoms with Crippen LogP contribution in [0.1, 0.15) is 35.8 Å². The first-order chi connectivity index (χ1) is 11.2. The average Bonchev–Trinajstić information content (AvgIpc) is 2.62. The molecule has 23 heavy (non-hydrogen) atoms. The van der Waals surface area contributed by atoms with Gasteiger partial charge in [0.2, 0.25) is 5.91 Å². The highest BCUT2D eigenvalue weighted by Crippen LogP contribution is 2.17. The molecule has 0 saturated carbocycles. The Kier molecular flexibility index (Phi) is 5.92. The lowest BCUT2D eigenvalue weighted by Gasteiger charge is -2.26. The van der Waals surface area contributed by atoms with E-state index in [-0.39, 0.29) is 11.8 Å². The van der Waals surface area contributed by atoms with Crippen LogP contribution in [0.2, 0.25) is 0 Å². The Morgan fingerprint density at radius 1 is 0.913 bits per heavy atom. The predicted molar refractivity (Wildman–Crippen MR) is 91.0 cm³/mol. The van der Waals surface area contributed by atoms with E-state index in [2.05, 4.69) is 5.32 Å². The lowest BCUT2D eigenvalue weighted by molar-refractivity contribution is -0.133. The van der Waals surface area contributed by atoms with E-state index in [1.807, 2.05) is 50.2 Å². The van der Waals surface area contributed by atoms with Crippen molar-refractivity contribution in [3.63, 3.8) is 0 Å². The molecule has 0 radical (unpaired) electrons. The summed E-state index contributed by atoms with van der Waals surface area (Å²) in [5.41, 5.74) is 1.33. The van der Waals surface area contributed by atoms with E-state index in [1.54, 1.807) is 29.2 Å². The number of nitrogens with zero attached hydrogens (tertiary/aromatic N) is 1. The van der Waals surface area contributed by atoms with E-state index < -0.39 is 6.04 Å². The van der Waals surface area contributed by atoms with Crippen LogP contribution in [0.3, 0.4) is 0 Å². The molecule has 2 aromatic rings. The molecule has 0 spiro atoms. The van der Waals surface area contributed by atoms with Gasteiger partial charge < -0.3 is 10.2 Å². The third-order valence-corrected chi connectivity index (χ3v) is 3.77. The molecule has 4 nitrogen and oxygen atoms in total. The molecule has 1 N–H and O–H groups in total. The van der Waals surface area contributed by atoms with Crippen molar-refractivity contribution in [2.75, 3.05) is 13.1 Å². The minimum Gasteiger partial charge on any atom is -0.341 e. The van der Waals surface area contributed by atoms with Gasteiger partial charge in [-0.05, 0) is 31.5 Å². The number of carbonyl (C=O) groups is 2. The van der Waals surface area contributed by atoms with Gasteiger partial charge in [-0.1, -0.05) is 48.5 Å². The van der Waals surface area contributed by atoms with Gasteiger partial charge >= 0.3 is 0 Å². The largest absolute Gasteiger partial charge is 0.341 e. The van der Waals surface area contributed by atoms with Crippen LogP contribution in [0.5, 0.6) is 0 Å². The summed E-state index contributed by atoms with van der Waals surface area (Å²) in [7, 11) is 0. The lowest BCUT2D eigenvalue weighted by Crippen LogP contribution is -2.42. The summed E-state index contributed by atoms with van der Waals surface area (Å²) >= 11 is 0. The number of benzene rings is 2. The van der Waals surface area contributed by atoms with Crippen LogP contribution in [-0.4, -0.2) is 29.8 Å². The van der Waals surface area contributed by atoms with Gasteiger partial charge in [-0.2, -0.15) is 0 Å². The second-order valence-corrected chi connectivity index (χ2v) is 5.19. The van der Waals surface area contributed by atoms with Gasteiger partial charge in [-0.25, -0.2) is 0 Å². The summed E-state index contributed by atoms with van der Waals surface area (Å²) in [4.78, 5) is 27.0. The summed E-state index contributed by atoms with van der Waals surface area (Å²) in [5, 5.41) is 2.87. The zero-order chi connectivity index (χ0) is 16.7.